The van der Waals surface area contributed by atoms with E-state index in [2.05, 4.69) is 10.3 Å². The summed E-state index contributed by atoms with van der Waals surface area (Å²) in [6.45, 7) is 2.51. The van der Waals surface area contributed by atoms with Gasteiger partial charge in [0.1, 0.15) is 5.75 Å². The first-order valence-electron chi connectivity index (χ1n) is 8.37. The van der Waals surface area contributed by atoms with Crippen LogP contribution in [0.1, 0.15) is 23.7 Å². The molecule has 134 valence electrons. The Balaban J connectivity index is 2.20. The number of nitrogens with one attached hydrogen (secondary N) is 2. The lowest BCUT2D eigenvalue weighted by molar-refractivity contribution is 0.0955. The minimum atomic E-state index is -0.519. The summed E-state index contributed by atoms with van der Waals surface area (Å²) >= 11 is 0. The van der Waals surface area contributed by atoms with Crippen LogP contribution in [0.25, 0.3) is 22.2 Å². The van der Waals surface area contributed by atoms with Crippen LogP contribution in [0, 0.1) is 0 Å². The molecule has 0 bridgehead atoms. The Hall–Kier alpha value is -3.28. The quantitative estimate of drug-likeness (QED) is 0.658. The molecule has 6 heteroatoms. The van der Waals surface area contributed by atoms with Crippen molar-refractivity contribution in [2.75, 3.05) is 13.7 Å². The molecule has 3 rings (SSSR count). The number of aromatic amines is 1. The van der Waals surface area contributed by atoms with E-state index in [1.54, 1.807) is 49.6 Å². The van der Waals surface area contributed by atoms with E-state index in [0.29, 0.717) is 28.9 Å². The Kier molecular flexibility index (Phi) is 4.93. The van der Waals surface area contributed by atoms with Crippen molar-refractivity contribution in [1.29, 1.82) is 0 Å². The monoisotopic (exact) mass is 352 g/mol. The third-order valence-corrected chi connectivity index (χ3v) is 4.17. The van der Waals surface area contributed by atoms with E-state index in [4.69, 9.17) is 4.74 Å². The first-order chi connectivity index (χ1) is 12.6. The minimum absolute atomic E-state index is 0.264. The maximum absolute atomic E-state index is 12.6. The Morgan fingerprint density at radius 2 is 1.92 bits per heavy atom. The van der Waals surface area contributed by atoms with Crippen LogP contribution in [0.3, 0.4) is 0 Å². The highest BCUT2D eigenvalue weighted by atomic mass is 16.5. The number of carbonyl (C=O) groups excluding carboxylic acids is 1. The molecule has 3 N–H and O–H groups in total. The molecule has 1 aromatic heterocycles. The molecule has 0 unspecified atom stereocenters. The number of carbonyl (C=O) groups is 1. The molecule has 2 aromatic carbocycles. The third kappa shape index (κ3) is 3.13. The van der Waals surface area contributed by atoms with Crippen molar-refractivity contribution in [1.82, 2.24) is 10.3 Å². The molecule has 0 saturated carbocycles. The second kappa shape index (κ2) is 7.31. The van der Waals surface area contributed by atoms with Gasteiger partial charge in [-0.2, -0.15) is 0 Å². The molecule has 1 amide bonds. The highest BCUT2D eigenvalue weighted by Crippen LogP contribution is 2.29. The Bertz CT molecular complexity index is 1010. The van der Waals surface area contributed by atoms with E-state index in [1.165, 1.54) is 0 Å². The highest BCUT2D eigenvalue weighted by molar-refractivity contribution is 6.06. The Morgan fingerprint density at radius 3 is 2.58 bits per heavy atom. The molecule has 1 heterocycles. The van der Waals surface area contributed by atoms with Gasteiger partial charge < -0.3 is 20.1 Å². The molecule has 0 saturated heterocycles. The standard InChI is InChI=1S/C20H20N2O4/c1-3-11-21-20(25)15-6-4-5-14-17(15)22-16(19(24)18(14)23)12-7-9-13(26-2)10-8-12/h4-10,24H,3,11H2,1-2H3,(H,21,25)(H,22,23). The lowest BCUT2D eigenvalue weighted by Crippen LogP contribution is -2.24. The summed E-state index contributed by atoms with van der Waals surface area (Å²) in [5.41, 5.74) is 1.12. The normalized spacial score (nSPS) is 10.7. The maximum atomic E-state index is 12.6. The molecule has 3 aromatic rings. The van der Waals surface area contributed by atoms with Gasteiger partial charge in [-0.15, -0.1) is 0 Å². The summed E-state index contributed by atoms with van der Waals surface area (Å²) < 4.78 is 5.13. The number of pyridine rings is 1. The van der Waals surface area contributed by atoms with Gasteiger partial charge >= 0.3 is 0 Å². The minimum Gasteiger partial charge on any atom is -0.503 e. The van der Waals surface area contributed by atoms with Gasteiger partial charge in [-0.3, -0.25) is 9.59 Å². The van der Waals surface area contributed by atoms with E-state index < -0.39 is 5.43 Å². The van der Waals surface area contributed by atoms with E-state index in [1.807, 2.05) is 6.92 Å². The Morgan fingerprint density at radius 1 is 1.19 bits per heavy atom. The van der Waals surface area contributed by atoms with Crippen molar-refractivity contribution in [2.24, 2.45) is 0 Å². The molecular formula is C20H20N2O4. The molecule has 0 aliphatic rings. The van der Waals surface area contributed by atoms with Gasteiger partial charge in [0.25, 0.3) is 5.91 Å². The number of amides is 1. The number of hydrogen-bond acceptors (Lipinski definition) is 4. The number of ether oxygens (including phenoxy) is 1. The van der Waals surface area contributed by atoms with Crippen LogP contribution in [0.4, 0.5) is 0 Å². The van der Waals surface area contributed by atoms with E-state index in [0.717, 1.165) is 6.42 Å². The fourth-order valence-corrected chi connectivity index (χ4v) is 2.79. The number of aromatic hydroxyl groups is 1. The lowest BCUT2D eigenvalue weighted by atomic mass is 10.0. The summed E-state index contributed by atoms with van der Waals surface area (Å²) in [5, 5.41) is 13.4. The van der Waals surface area contributed by atoms with Gasteiger partial charge in [-0.1, -0.05) is 13.0 Å². The number of rotatable bonds is 5. The molecule has 0 aliphatic carbocycles. The maximum Gasteiger partial charge on any atom is 0.253 e. The summed E-state index contributed by atoms with van der Waals surface area (Å²) in [5.74, 6) is 0.0178. The molecule has 0 aliphatic heterocycles. The van der Waals surface area contributed by atoms with Gasteiger partial charge in [-0.05, 0) is 42.8 Å². The van der Waals surface area contributed by atoms with Crippen LogP contribution in [-0.2, 0) is 0 Å². The molecule has 0 fully saturated rings. The van der Waals surface area contributed by atoms with Crippen molar-refractivity contribution in [2.45, 2.75) is 13.3 Å². The second-order valence-corrected chi connectivity index (χ2v) is 5.89. The van der Waals surface area contributed by atoms with Gasteiger partial charge in [0.05, 0.1) is 29.3 Å². The van der Waals surface area contributed by atoms with Crippen molar-refractivity contribution >= 4 is 16.8 Å². The van der Waals surface area contributed by atoms with Gasteiger partial charge in [0.15, 0.2) is 5.75 Å². The van der Waals surface area contributed by atoms with E-state index in [-0.39, 0.29) is 22.7 Å². The number of fused-ring (bicyclic) bond motifs is 1. The lowest BCUT2D eigenvalue weighted by Gasteiger charge is -2.11. The zero-order valence-corrected chi connectivity index (χ0v) is 14.6. The number of para-hydroxylation sites is 1. The van der Waals surface area contributed by atoms with Crippen LogP contribution in [0.5, 0.6) is 11.5 Å². The zero-order valence-electron chi connectivity index (χ0n) is 14.6. The van der Waals surface area contributed by atoms with Crippen LogP contribution >= 0.6 is 0 Å². The van der Waals surface area contributed by atoms with Crippen LogP contribution < -0.4 is 15.5 Å². The van der Waals surface area contributed by atoms with E-state index >= 15 is 0 Å². The fraction of sp³-hybridized carbons (Fsp3) is 0.200. The Labute approximate surface area is 150 Å². The molecule has 26 heavy (non-hydrogen) atoms. The van der Waals surface area contributed by atoms with Crippen molar-refractivity contribution < 1.29 is 14.6 Å². The number of benzene rings is 2. The van der Waals surface area contributed by atoms with Crippen molar-refractivity contribution in [3.05, 3.63) is 58.3 Å². The van der Waals surface area contributed by atoms with Crippen LogP contribution in [0.15, 0.2) is 47.3 Å². The number of H-pyrrole nitrogens is 1. The van der Waals surface area contributed by atoms with Crippen molar-refractivity contribution in [3.8, 4) is 22.8 Å². The topological polar surface area (TPSA) is 91.4 Å². The second-order valence-electron chi connectivity index (χ2n) is 5.89. The SMILES string of the molecule is CCCNC(=O)c1cccc2c(=O)c(O)c(-c3ccc(OC)cc3)[nH]c12. The molecule has 0 atom stereocenters. The largest absolute Gasteiger partial charge is 0.503 e. The van der Waals surface area contributed by atoms with Gasteiger partial charge in [0.2, 0.25) is 5.43 Å². The smallest absolute Gasteiger partial charge is 0.253 e. The van der Waals surface area contributed by atoms with Gasteiger partial charge in [0, 0.05) is 12.1 Å². The number of aromatic nitrogens is 1. The molecular weight excluding hydrogens is 332 g/mol. The average molecular weight is 352 g/mol. The number of methoxy groups -OCH3 is 1. The van der Waals surface area contributed by atoms with Crippen LogP contribution in [0.2, 0.25) is 0 Å². The first-order valence-corrected chi connectivity index (χ1v) is 8.37. The van der Waals surface area contributed by atoms with E-state index in [9.17, 15) is 14.7 Å². The zero-order chi connectivity index (χ0) is 18.7. The summed E-state index contributed by atoms with van der Waals surface area (Å²) in [4.78, 5) is 28.1. The summed E-state index contributed by atoms with van der Waals surface area (Å²) in [6, 6.07) is 11.8. The third-order valence-electron chi connectivity index (χ3n) is 4.17. The van der Waals surface area contributed by atoms with Gasteiger partial charge in [-0.25, -0.2) is 0 Å². The average Bonchev–Trinajstić information content (AvgIpc) is 2.68. The first kappa shape index (κ1) is 17.5. The molecule has 0 radical (unpaired) electrons. The van der Waals surface area contributed by atoms with Crippen LogP contribution in [-0.4, -0.2) is 29.7 Å². The summed E-state index contributed by atoms with van der Waals surface area (Å²) in [7, 11) is 1.56. The predicted octanol–water partition coefficient (Wildman–Crippen LogP) is 3.05. The van der Waals surface area contributed by atoms with Crippen molar-refractivity contribution in [3.63, 3.8) is 0 Å². The highest BCUT2D eigenvalue weighted by Gasteiger charge is 2.17. The summed E-state index contributed by atoms with van der Waals surface area (Å²) in [6.07, 6.45) is 0.810. The fourth-order valence-electron chi connectivity index (χ4n) is 2.79. The predicted molar refractivity (Wildman–Crippen MR) is 101 cm³/mol. The number of hydrogen-bond donors (Lipinski definition) is 3. The molecule has 6 nitrogen and oxygen atoms in total. The molecule has 0 spiro atoms.